The Labute approximate surface area is 129 Å². The lowest BCUT2D eigenvalue weighted by molar-refractivity contribution is 0.0697. The zero-order valence-electron chi connectivity index (χ0n) is 11.0. The maximum atomic E-state index is 11.8. The van der Waals surface area contributed by atoms with Crippen LogP contribution in [-0.2, 0) is 6.54 Å². The molecule has 21 heavy (non-hydrogen) atoms. The van der Waals surface area contributed by atoms with Crippen LogP contribution in [0.25, 0.3) is 0 Å². The Morgan fingerprint density at radius 2 is 2.19 bits per heavy atom. The summed E-state index contributed by atoms with van der Waals surface area (Å²) in [5.74, 6) is -1.09. The number of rotatable bonds is 4. The molecule has 0 aliphatic carbocycles. The van der Waals surface area contributed by atoms with Gasteiger partial charge in [-0.25, -0.2) is 14.6 Å². The van der Waals surface area contributed by atoms with Gasteiger partial charge in [0.25, 0.3) is 0 Å². The van der Waals surface area contributed by atoms with E-state index in [4.69, 9.17) is 16.7 Å². The Morgan fingerprint density at radius 1 is 1.43 bits per heavy atom. The molecule has 2 amide bonds. The van der Waals surface area contributed by atoms with Gasteiger partial charge in [0.2, 0.25) is 0 Å². The van der Waals surface area contributed by atoms with Crippen molar-refractivity contribution in [2.45, 2.75) is 13.5 Å². The Hall–Kier alpha value is -2.12. The van der Waals surface area contributed by atoms with E-state index >= 15 is 0 Å². The van der Waals surface area contributed by atoms with Gasteiger partial charge in [0.15, 0.2) is 0 Å². The first-order valence-corrected chi connectivity index (χ1v) is 7.14. The molecule has 8 heteroatoms. The lowest BCUT2D eigenvalue weighted by atomic mass is 10.2. The molecule has 0 aliphatic heterocycles. The number of halogens is 1. The van der Waals surface area contributed by atoms with E-state index in [1.54, 1.807) is 6.20 Å². The number of carboxylic acids is 1. The summed E-state index contributed by atoms with van der Waals surface area (Å²) in [6.07, 6.45) is 1.69. The number of nitrogens with zero attached hydrogens (tertiary/aromatic N) is 1. The number of benzene rings is 1. The maximum absolute atomic E-state index is 11.8. The highest BCUT2D eigenvalue weighted by molar-refractivity contribution is 7.11. The predicted molar refractivity (Wildman–Crippen MR) is 81.1 cm³/mol. The van der Waals surface area contributed by atoms with Crippen molar-refractivity contribution in [3.8, 4) is 0 Å². The van der Waals surface area contributed by atoms with Crippen LogP contribution in [0.4, 0.5) is 10.5 Å². The average molecular weight is 326 g/mol. The second kappa shape index (κ2) is 6.55. The zero-order valence-corrected chi connectivity index (χ0v) is 12.6. The molecule has 0 spiro atoms. The third-order valence-electron chi connectivity index (χ3n) is 2.55. The minimum atomic E-state index is -1.09. The number of amides is 2. The van der Waals surface area contributed by atoms with Crippen molar-refractivity contribution in [2.24, 2.45) is 0 Å². The third kappa shape index (κ3) is 4.17. The molecule has 6 nitrogen and oxygen atoms in total. The second-order valence-electron chi connectivity index (χ2n) is 4.15. The summed E-state index contributed by atoms with van der Waals surface area (Å²) < 4.78 is 0. The van der Waals surface area contributed by atoms with Gasteiger partial charge >= 0.3 is 12.0 Å². The van der Waals surface area contributed by atoms with Crippen LogP contribution < -0.4 is 10.6 Å². The number of thiazole rings is 1. The number of carbonyl (C=O) groups excluding carboxylic acids is 1. The van der Waals surface area contributed by atoms with E-state index in [0.717, 1.165) is 9.88 Å². The van der Waals surface area contributed by atoms with E-state index in [-0.39, 0.29) is 16.3 Å². The molecular weight excluding hydrogens is 314 g/mol. The van der Waals surface area contributed by atoms with Crippen molar-refractivity contribution in [1.29, 1.82) is 0 Å². The summed E-state index contributed by atoms with van der Waals surface area (Å²) in [5.41, 5.74) is 0.294. The lowest BCUT2D eigenvalue weighted by Gasteiger charge is -2.09. The number of carbonyl (C=O) groups is 2. The van der Waals surface area contributed by atoms with Crippen molar-refractivity contribution >= 4 is 40.6 Å². The number of urea groups is 1. The van der Waals surface area contributed by atoms with Gasteiger partial charge in [-0.15, -0.1) is 11.3 Å². The average Bonchev–Trinajstić information content (AvgIpc) is 2.84. The van der Waals surface area contributed by atoms with Gasteiger partial charge in [0.1, 0.15) is 0 Å². The summed E-state index contributed by atoms with van der Waals surface area (Å²) in [6.45, 7) is 2.22. The molecule has 1 aromatic carbocycles. The van der Waals surface area contributed by atoms with Crippen LogP contribution in [0.15, 0.2) is 24.4 Å². The fraction of sp³-hybridized carbons (Fsp3) is 0.154. The summed E-state index contributed by atoms with van der Waals surface area (Å²) in [5, 5.41) is 15.3. The SMILES string of the molecule is Cc1ncc(CNC(=O)Nc2cc(C(=O)O)ccc2Cl)s1. The van der Waals surface area contributed by atoms with E-state index in [0.29, 0.717) is 6.54 Å². The van der Waals surface area contributed by atoms with Crippen molar-refractivity contribution in [3.05, 3.63) is 44.9 Å². The monoisotopic (exact) mass is 325 g/mol. The molecule has 1 heterocycles. The quantitative estimate of drug-likeness (QED) is 0.805. The first-order valence-electron chi connectivity index (χ1n) is 5.94. The summed E-state index contributed by atoms with van der Waals surface area (Å²) >= 11 is 7.41. The molecule has 0 bridgehead atoms. The van der Waals surface area contributed by atoms with Crippen LogP contribution in [0.2, 0.25) is 5.02 Å². The first kappa shape index (κ1) is 15.3. The molecule has 1 aromatic heterocycles. The van der Waals surface area contributed by atoms with Crippen LogP contribution in [0.5, 0.6) is 0 Å². The standard InChI is InChI=1S/C13H12ClN3O3S/c1-7-15-5-9(21-7)6-16-13(20)17-11-4-8(12(18)19)2-3-10(11)14/h2-5H,6H2,1H3,(H,18,19)(H2,16,17,20). The predicted octanol–water partition coefficient (Wildman–Crippen LogP) is 3.12. The summed E-state index contributed by atoms with van der Waals surface area (Å²) in [6, 6.07) is 3.63. The van der Waals surface area contributed by atoms with Gasteiger partial charge in [-0.05, 0) is 25.1 Å². The van der Waals surface area contributed by atoms with Gasteiger partial charge in [-0.1, -0.05) is 11.6 Å². The van der Waals surface area contributed by atoms with Gasteiger partial charge in [0, 0.05) is 11.1 Å². The third-order valence-corrected chi connectivity index (χ3v) is 3.80. The first-order chi connectivity index (χ1) is 9.95. The molecule has 0 saturated heterocycles. The summed E-state index contributed by atoms with van der Waals surface area (Å²) in [7, 11) is 0. The fourth-order valence-electron chi connectivity index (χ4n) is 1.58. The number of carboxylic acid groups (broad SMARTS) is 1. The highest BCUT2D eigenvalue weighted by atomic mass is 35.5. The second-order valence-corrected chi connectivity index (χ2v) is 5.88. The molecule has 0 radical (unpaired) electrons. The van der Waals surface area contributed by atoms with Gasteiger partial charge < -0.3 is 15.7 Å². The lowest BCUT2D eigenvalue weighted by Crippen LogP contribution is -2.28. The van der Waals surface area contributed by atoms with Gasteiger partial charge in [-0.3, -0.25) is 0 Å². The van der Waals surface area contributed by atoms with Crippen LogP contribution in [-0.4, -0.2) is 22.1 Å². The fourth-order valence-corrected chi connectivity index (χ4v) is 2.47. The van der Waals surface area contributed by atoms with Gasteiger partial charge in [-0.2, -0.15) is 0 Å². The topological polar surface area (TPSA) is 91.3 Å². The maximum Gasteiger partial charge on any atom is 0.335 e. The molecule has 3 N–H and O–H groups in total. The van der Waals surface area contributed by atoms with Crippen molar-refractivity contribution < 1.29 is 14.7 Å². The van der Waals surface area contributed by atoms with E-state index < -0.39 is 12.0 Å². The van der Waals surface area contributed by atoms with Gasteiger partial charge in [0.05, 0.1) is 27.8 Å². The van der Waals surface area contributed by atoms with Crippen LogP contribution >= 0.6 is 22.9 Å². The summed E-state index contributed by atoms with van der Waals surface area (Å²) in [4.78, 5) is 27.7. The van der Waals surface area contributed by atoms with E-state index in [1.807, 2.05) is 6.92 Å². The normalized spacial score (nSPS) is 10.2. The minimum Gasteiger partial charge on any atom is -0.478 e. The van der Waals surface area contributed by atoms with E-state index in [9.17, 15) is 9.59 Å². The number of nitrogens with one attached hydrogen (secondary N) is 2. The Morgan fingerprint density at radius 3 is 2.81 bits per heavy atom. The molecule has 2 aromatic rings. The van der Waals surface area contributed by atoms with E-state index in [2.05, 4.69) is 15.6 Å². The van der Waals surface area contributed by atoms with Crippen molar-refractivity contribution in [3.63, 3.8) is 0 Å². The Bertz CT molecular complexity index is 687. The Kier molecular flexibility index (Phi) is 4.77. The number of hydrogen-bond donors (Lipinski definition) is 3. The van der Waals surface area contributed by atoms with Crippen molar-refractivity contribution in [2.75, 3.05) is 5.32 Å². The molecule has 0 saturated carbocycles. The van der Waals surface area contributed by atoms with Crippen LogP contribution in [0.1, 0.15) is 20.2 Å². The molecule has 110 valence electrons. The van der Waals surface area contributed by atoms with Crippen LogP contribution in [0.3, 0.4) is 0 Å². The number of aromatic nitrogens is 1. The minimum absolute atomic E-state index is 0.0489. The highest BCUT2D eigenvalue weighted by Gasteiger charge is 2.10. The number of anilines is 1. The van der Waals surface area contributed by atoms with E-state index in [1.165, 1.54) is 29.5 Å². The Balaban J connectivity index is 1.99. The molecule has 0 atom stereocenters. The number of hydrogen-bond acceptors (Lipinski definition) is 4. The number of aromatic carboxylic acids is 1. The van der Waals surface area contributed by atoms with Crippen molar-refractivity contribution in [1.82, 2.24) is 10.3 Å². The molecule has 2 rings (SSSR count). The molecule has 0 unspecified atom stereocenters. The van der Waals surface area contributed by atoms with Crippen LogP contribution in [0, 0.1) is 6.92 Å². The molecular formula is C13H12ClN3O3S. The molecule has 0 aliphatic rings. The zero-order chi connectivity index (χ0) is 15.4. The largest absolute Gasteiger partial charge is 0.478 e. The number of aryl methyl sites for hydroxylation is 1. The molecule has 0 fully saturated rings. The smallest absolute Gasteiger partial charge is 0.335 e. The highest BCUT2D eigenvalue weighted by Crippen LogP contribution is 2.23.